The Kier molecular flexibility index (Phi) is 4.10. The van der Waals surface area contributed by atoms with Crippen LogP contribution in [-0.2, 0) is 0 Å². The highest BCUT2D eigenvalue weighted by molar-refractivity contribution is 5.94. The highest BCUT2D eigenvalue weighted by Crippen LogP contribution is 2.14. The summed E-state index contributed by atoms with van der Waals surface area (Å²) in [7, 11) is 0. The molecule has 0 radical (unpaired) electrons. The molecule has 1 aromatic carbocycles. The number of nitriles is 1. The van der Waals surface area contributed by atoms with Crippen LogP contribution in [0.25, 0.3) is 0 Å². The molecule has 0 saturated carbocycles. The van der Waals surface area contributed by atoms with Crippen LogP contribution in [0.1, 0.15) is 17.3 Å². The Morgan fingerprint density at radius 2 is 1.94 bits per heavy atom. The van der Waals surface area contributed by atoms with Crippen LogP contribution >= 0.6 is 0 Å². The third-order valence-electron chi connectivity index (χ3n) is 2.02. The van der Waals surface area contributed by atoms with Crippen LogP contribution in [0, 0.1) is 34.7 Å². The smallest absolute Gasteiger partial charge is 0.257 e. The van der Waals surface area contributed by atoms with E-state index in [0.717, 1.165) is 0 Å². The fourth-order valence-corrected chi connectivity index (χ4v) is 1.14. The zero-order valence-corrected chi connectivity index (χ0v) is 8.93. The Labute approximate surface area is 95.9 Å². The molecule has 1 atom stereocenters. The quantitative estimate of drug-likeness (QED) is 0.881. The summed E-state index contributed by atoms with van der Waals surface area (Å²) < 4.78 is 38.9. The molecule has 1 rings (SSSR count). The third-order valence-corrected chi connectivity index (χ3v) is 2.02. The van der Waals surface area contributed by atoms with E-state index in [1.807, 2.05) is 6.07 Å². The second-order valence-electron chi connectivity index (χ2n) is 3.48. The van der Waals surface area contributed by atoms with Crippen molar-refractivity contribution in [1.29, 1.82) is 5.26 Å². The topological polar surface area (TPSA) is 52.9 Å². The lowest BCUT2D eigenvalue weighted by atomic mass is 10.1. The molecule has 0 aliphatic carbocycles. The molecule has 1 aromatic rings. The second kappa shape index (κ2) is 5.34. The van der Waals surface area contributed by atoms with Gasteiger partial charge in [-0.15, -0.1) is 0 Å². The first-order chi connectivity index (χ1) is 7.95. The van der Waals surface area contributed by atoms with Gasteiger partial charge in [0.15, 0.2) is 0 Å². The summed E-state index contributed by atoms with van der Waals surface area (Å²) in [5.74, 6) is -5.14. The number of carbonyl (C=O) groups is 1. The zero-order chi connectivity index (χ0) is 13.0. The average Bonchev–Trinajstić information content (AvgIpc) is 2.24. The van der Waals surface area contributed by atoms with Crippen LogP contribution in [0.3, 0.4) is 0 Å². The van der Waals surface area contributed by atoms with Gasteiger partial charge in [0.05, 0.1) is 12.0 Å². The number of rotatable bonds is 3. The van der Waals surface area contributed by atoms with Crippen molar-refractivity contribution in [3.8, 4) is 6.07 Å². The molecule has 17 heavy (non-hydrogen) atoms. The van der Waals surface area contributed by atoms with Crippen molar-refractivity contribution in [2.24, 2.45) is 5.92 Å². The summed E-state index contributed by atoms with van der Waals surface area (Å²) in [5.41, 5.74) is -0.850. The number of nitrogens with zero attached hydrogens (tertiary/aromatic N) is 1. The summed E-state index contributed by atoms with van der Waals surface area (Å²) in [6.07, 6.45) is 0. The van der Waals surface area contributed by atoms with Gasteiger partial charge in [-0.25, -0.2) is 13.2 Å². The van der Waals surface area contributed by atoms with E-state index in [1.165, 1.54) is 6.92 Å². The van der Waals surface area contributed by atoms with E-state index in [9.17, 15) is 18.0 Å². The number of nitrogens with one attached hydrogen (secondary N) is 1. The predicted octanol–water partition coefficient (Wildman–Crippen LogP) is 1.99. The number of benzene rings is 1. The van der Waals surface area contributed by atoms with Crippen LogP contribution in [0.2, 0.25) is 0 Å². The standard InChI is InChI=1S/C11H9F3N2O/c1-6(4-15)5-16-11(17)10-8(13)2-7(12)3-9(10)14/h2-3,6H,5H2,1H3,(H,16,17). The monoisotopic (exact) mass is 242 g/mol. The molecule has 0 spiro atoms. The van der Waals surface area contributed by atoms with E-state index in [4.69, 9.17) is 5.26 Å². The summed E-state index contributed by atoms with van der Waals surface area (Å²) in [4.78, 5) is 11.4. The molecule has 0 aliphatic heterocycles. The lowest BCUT2D eigenvalue weighted by molar-refractivity contribution is 0.0942. The number of carbonyl (C=O) groups excluding carboxylic acids is 1. The van der Waals surface area contributed by atoms with Crippen molar-refractivity contribution in [1.82, 2.24) is 5.32 Å². The van der Waals surface area contributed by atoms with E-state index in [1.54, 1.807) is 0 Å². The van der Waals surface area contributed by atoms with Crippen molar-refractivity contribution in [3.63, 3.8) is 0 Å². The molecule has 6 heteroatoms. The Morgan fingerprint density at radius 3 is 2.41 bits per heavy atom. The highest BCUT2D eigenvalue weighted by Gasteiger charge is 2.19. The maximum absolute atomic E-state index is 13.2. The van der Waals surface area contributed by atoms with Crippen molar-refractivity contribution < 1.29 is 18.0 Å². The summed E-state index contributed by atoms with van der Waals surface area (Å²) in [6, 6.07) is 2.69. The molecule has 0 aromatic heterocycles. The Hall–Kier alpha value is -2.03. The van der Waals surface area contributed by atoms with Crippen LogP contribution < -0.4 is 5.32 Å². The van der Waals surface area contributed by atoms with E-state index >= 15 is 0 Å². The number of hydrogen-bond acceptors (Lipinski definition) is 2. The van der Waals surface area contributed by atoms with Gasteiger partial charge in [-0.1, -0.05) is 0 Å². The summed E-state index contributed by atoms with van der Waals surface area (Å²) in [6.45, 7) is 1.50. The number of halogens is 3. The molecular weight excluding hydrogens is 233 g/mol. The molecule has 0 fully saturated rings. The number of hydrogen-bond donors (Lipinski definition) is 1. The minimum Gasteiger partial charge on any atom is -0.351 e. The highest BCUT2D eigenvalue weighted by atomic mass is 19.1. The van der Waals surface area contributed by atoms with Crippen LogP contribution in [0.5, 0.6) is 0 Å². The van der Waals surface area contributed by atoms with E-state index in [2.05, 4.69) is 5.32 Å². The van der Waals surface area contributed by atoms with Crippen molar-refractivity contribution in [3.05, 3.63) is 35.1 Å². The van der Waals surface area contributed by atoms with Gasteiger partial charge in [-0.2, -0.15) is 5.26 Å². The van der Waals surface area contributed by atoms with Crippen molar-refractivity contribution in [2.45, 2.75) is 6.92 Å². The Morgan fingerprint density at radius 1 is 1.41 bits per heavy atom. The van der Waals surface area contributed by atoms with Gasteiger partial charge in [0.2, 0.25) is 0 Å². The molecule has 0 aliphatic rings. The molecular formula is C11H9F3N2O. The Balaban J connectivity index is 2.87. The lowest BCUT2D eigenvalue weighted by Crippen LogP contribution is -2.29. The van der Waals surface area contributed by atoms with Crippen LogP contribution in [-0.4, -0.2) is 12.5 Å². The van der Waals surface area contributed by atoms with Crippen LogP contribution in [0.15, 0.2) is 12.1 Å². The fourth-order valence-electron chi connectivity index (χ4n) is 1.14. The first-order valence-electron chi connectivity index (χ1n) is 4.78. The van der Waals surface area contributed by atoms with Gasteiger partial charge >= 0.3 is 0 Å². The van der Waals surface area contributed by atoms with Gasteiger partial charge in [-0.3, -0.25) is 4.79 Å². The molecule has 0 bridgehead atoms. The van der Waals surface area contributed by atoms with E-state index in [0.29, 0.717) is 12.1 Å². The maximum Gasteiger partial charge on any atom is 0.257 e. The molecule has 90 valence electrons. The van der Waals surface area contributed by atoms with Crippen molar-refractivity contribution >= 4 is 5.91 Å². The van der Waals surface area contributed by atoms with Gasteiger partial charge in [0, 0.05) is 18.7 Å². The first-order valence-corrected chi connectivity index (χ1v) is 4.78. The van der Waals surface area contributed by atoms with Crippen LogP contribution in [0.4, 0.5) is 13.2 Å². The second-order valence-corrected chi connectivity index (χ2v) is 3.48. The van der Waals surface area contributed by atoms with E-state index in [-0.39, 0.29) is 6.54 Å². The Bertz CT molecular complexity index is 459. The predicted molar refractivity (Wildman–Crippen MR) is 53.4 cm³/mol. The first kappa shape index (κ1) is 13.0. The lowest BCUT2D eigenvalue weighted by Gasteiger charge is -2.07. The molecule has 1 N–H and O–H groups in total. The molecule has 1 amide bonds. The summed E-state index contributed by atoms with van der Waals surface area (Å²) in [5, 5.41) is 10.7. The molecule has 0 heterocycles. The molecule has 3 nitrogen and oxygen atoms in total. The minimum absolute atomic E-state index is 0.0361. The summed E-state index contributed by atoms with van der Waals surface area (Å²) >= 11 is 0. The third kappa shape index (κ3) is 3.21. The fraction of sp³-hybridized carbons (Fsp3) is 0.273. The average molecular weight is 242 g/mol. The number of amides is 1. The van der Waals surface area contributed by atoms with Gasteiger partial charge in [-0.05, 0) is 6.92 Å². The van der Waals surface area contributed by atoms with Crippen molar-refractivity contribution in [2.75, 3.05) is 6.54 Å². The van der Waals surface area contributed by atoms with Gasteiger partial charge in [0.1, 0.15) is 23.0 Å². The van der Waals surface area contributed by atoms with E-state index < -0.39 is 34.8 Å². The molecule has 1 unspecified atom stereocenters. The van der Waals surface area contributed by atoms with Gasteiger partial charge < -0.3 is 5.32 Å². The molecule has 0 saturated heterocycles. The largest absolute Gasteiger partial charge is 0.351 e. The van der Waals surface area contributed by atoms with Gasteiger partial charge in [0.25, 0.3) is 5.91 Å². The zero-order valence-electron chi connectivity index (χ0n) is 8.93. The normalized spacial score (nSPS) is 11.7. The minimum atomic E-state index is -1.27. The maximum atomic E-state index is 13.2. The SMILES string of the molecule is CC(C#N)CNC(=O)c1c(F)cc(F)cc1F.